The van der Waals surface area contributed by atoms with Gasteiger partial charge >= 0.3 is 0 Å². The summed E-state index contributed by atoms with van der Waals surface area (Å²) >= 11 is 5.86. The Kier molecular flexibility index (Phi) is 4.86. The zero-order chi connectivity index (χ0) is 16.9. The summed E-state index contributed by atoms with van der Waals surface area (Å²) < 4.78 is 5.67. The number of benzene rings is 2. The Morgan fingerprint density at radius 3 is 2.67 bits per heavy atom. The van der Waals surface area contributed by atoms with Gasteiger partial charge in [0.05, 0.1) is 12.1 Å². The fourth-order valence-corrected chi connectivity index (χ4v) is 2.30. The first-order valence-corrected chi connectivity index (χ1v) is 7.78. The minimum Gasteiger partial charge on any atom is -0.491 e. The first kappa shape index (κ1) is 16.1. The predicted molar refractivity (Wildman–Crippen MR) is 90.2 cm³/mol. The van der Waals surface area contributed by atoms with E-state index in [4.69, 9.17) is 16.3 Å². The number of para-hydroxylation sites is 1. The van der Waals surface area contributed by atoms with Gasteiger partial charge in [-0.3, -0.25) is 4.79 Å². The lowest BCUT2D eigenvalue weighted by Gasteiger charge is -2.08. The molecule has 0 N–H and O–H groups in total. The van der Waals surface area contributed by atoms with Crippen LogP contribution in [-0.4, -0.2) is 32.6 Å². The number of halogens is 1. The molecule has 24 heavy (non-hydrogen) atoms. The summed E-state index contributed by atoms with van der Waals surface area (Å²) in [5, 5.41) is 13.0. The first-order valence-electron chi connectivity index (χ1n) is 7.40. The summed E-state index contributed by atoms with van der Waals surface area (Å²) in [6, 6.07) is 14.4. The van der Waals surface area contributed by atoms with Crippen LogP contribution in [0.2, 0.25) is 5.02 Å². The van der Waals surface area contributed by atoms with Crippen molar-refractivity contribution in [1.82, 2.24) is 20.2 Å². The molecule has 0 aliphatic rings. The minimum atomic E-state index is -0.0329. The van der Waals surface area contributed by atoms with E-state index in [0.29, 0.717) is 35.3 Å². The molecule has 0 atom stereocenters. The molecule has 0 saturated heterocycles. The largest absolute Gasteiger partial charge is 0.491 e. The molecular formula is C17H15ClN4O2. The lowest BCUT2D eigenvalue weighted by Crippen LogP contribution is -2.12. The highest BCUT2D eigenvalue weighted by Gasteiger charge is 2.09. The van der Waals surface area contributed by atoms with Gasteiger partial charge in [0, 0.05) is 10.6 Å². The van der Waals surface area contributed by atoms with E-state index < -0.39 is 0 Å². The Balaban J connectivity index is 1.62. The molecule has 0 aliphatic carbocycles. The summed E-state index contributed by atoms with van der Waals surface area (Å²) in [6.45, 7) is 2.27. The van der Waals surface area contributed by atoms with Crippen LogP contribution in [0.4, 0.5) is 0 Å². The van der Waals surface area contributed by atoms with Crippen LogP contribution in [-0.2, 0) is 6.54 Å². The van der Waals surface area contributed by atoms with Crippen LogP contribution >= 0.6 is 11.6 Å². The summed E-state index contributed by atoms with van der Waals surface area (Å²) in [4.78, 5) is 13.0. The molecule has 2 aromatic carbocycles. The van der Waals surface area contributed by atoms with Crippen molar-refractivity contribution in [2.75, 3.05) is 6.61 Å². The van der Waals surface area contributed by atoms with Crippen LogP contribution < -0.4 is 4.74 Å². The van der Waals surface area contributed by atoms with Crippen molar-refractivity contribution in [3.05, 3.63) is 59.1 Å². The Bertz CT molecular complexity index is 846. The smallest absolute Gasteiger partial charge is 0.204 e. The molecule has 7 heteroatoms. The highest BCUT2D eigenvalue weighted by Crippen LogP contribution is 2.19. The van der Waals surface area contributed by atoms with Crippen LogP contribution in [0, 0.1) is 0 Å². The van der Waals surface area contributed by atoms with E-state index in [-0.39, 0.29) is 5.78 Å². The van der Waals surface area contributed by atoms with E-state index in [1.54, 1.807) is 30.3 Å². The number of ether oxygens (including phenoxy) is 1. The lowest BCUT2D eigenvalue weighted by molar-refractivity contribution is 0.101. The van der Waals surface area contributed by atoms with Gasteiger partial charge in [-0.05, 0) is 48.5 Å². The molecule has 0 bridgehead atoms. The molecule has 0 saturated carbocycles. The number of nitrogens with zero attached hydrogens (tertiary/aromatic N) is 4. The zero-order valence-electron chi connectivity index (χ0n) is 13.0. The number of hydrogen-bond donors (Lipinski definition) is 0. The third-order valence-corrected chi connectivity index (χ3v) is 3.62. The van der Waals surface area contributed by atoms with Gasteiger partial charge in [-0.15, -0.1) is 10.2 Å². The van der Waals surface area contributed by atoms with Gasteiger partial charge in [0.25, 0.3) is 0 Å². The van der Waals surface area contributed by atoms with E-state index >= 15 is 0 Å². The van der Waals surface area contributed by atoms with Crippen molar-refractivity contribution < 1.29 is 9.53 Å². The molecule has 0 unspecified atom stereocenters. The van der Waals surface area contributed by atoms with Crippen LogP contribution in [0.3, 0.4) is 0 Å². The van der Waals surface area contributed by atoms with E-state index in [0.717, 1.165) is 5.56 Å². The number of ketones is 1. The Morgan fingerprint density at radius 2 is 1.92 bits per heavy atom. The maximum Gasteiger partial charge on any atom is 0.204 e. The van der Waals surface area contributed by atoms with Gasteiger partial charge < -0.3 is 4.74 Å². The second-order valence-corrected chi connectivity index (χ2v) is 5.55. The average molecular weight is 343 g/mol. The van der Waals surface area contributed by atoms with Crippen molar-refractivity contribution in [3.8, 4) is 17.1 Å². The topological polar surface area (TPSA) is 69.9 Å². The van der Waals surface area contributed by atoms with E-state index in [1.165, 1.54) is 11.7 Å². The average Bonchev–Trinajstić information content (AvgIpc) is 3.05. The number of Topliss-reactive ketones (excluding diaryl/α,β-unsaturated/α-hetero) is 1. The van der Waals surface area contributed by atoms with Crippen LogP contribution in [0.5, 0.6) is 5.75 Å². The number of rotatable bonds is 6. The lowest BCUT2D eigenvalue weighted by atomic mass is 10.1. The fourth-order valence-electron chi connectivity index (χ4n) is 2.17. The maximum absolute atomic E-state index is 11.6. The molecule has 122 valence electrons. The quantitative estimate of drug-likeness (QED) is 0.643. The molecule has 3 aromatic rings. The van der Waals surface area contributed by atoms with Gasteiger partial charge in [0.15, 0.2) is 5.78 Å². The second kappa shape index (κ2) is 7.23. The monoisotopic (exact) mass is 342 g/mol. The summed E-state index contributed by atoms with van der Waals surface area (Å²) in [7, 11) is 0. The Labute approximate surface area is 144 Å². The van der Waals surface area contributed by atoms with Crippen LogP contribution in [0.15, 0.2) is 48.5 Å². The molecular weight excluding hydrogens is 328 g/mol. The highest BCUT2D eigenvalue weighted by molar-refractivity contribution is 6.30. The first-order chi connectivity index (χ1) is 11.6. The van der Waals surface area contributed by atoms with E-state index in [1.807, 2.05) is 18.2 Å². The second-order valence-electron chi connectivity index (χ2n) is 5.12. The molecule has 0 aliphatic heterocycles. The van der Waals surface area contributed by atoms with Crippen molar-refractivity contribution in [1.29, 1.82) is 0 Å². The van der Waals surface area contributed by atoms with Crippen LogP contribution in [0.1, 0.15) is 17.3 Å². The molecule has 0 fully saturated rings. The van der Waals surface area contributed by atoms with Crippen molar-refractivity contribution >= 4 is 17.4 Å². The molecule has 0 spiro atoms. The van der Waals surface area contributed by atoms with Crippen molar-refractivity contribution in [2.45, 2.75) is 13.5 Å². The third-order valence-electron chi connectivity index (χ3n) is 3.37. The van der Waals surface area contributed by atoms with Gasteiger partial charge in [0.1, 0.15) is 12.4 Å². The van der Waals surface area contributed by atoms with Gasteiger partial charge in [0.2, 0.25) is 5.82 Å². The van der Waals surface area contributed by atoms with E-state index in [2.05, 4.69) is 15.4 Å². The number of tetrazole rings is 1. The number of carbonyl (C=O) groups is 1. The van der Waals surface area contributed by atoms with Crippen molar-refractivity contribution in [3.63, 3.8) is 0 Å². The highest BCUT2D eigenvalue weighted by atomic mass is 35.5. The standard InChI is InChI=1S/C17H15ClN4O2/c1-12(23)15-4-2-3-5-16(15)24-11-10-22-20-17(19-21-22)13-6-8-14(18)9-7-13/h2-9H,10-11H2,1H3. The normalized spacial score (nSPS) is 10.6. The maximum atomic E-state index is 11.6. The summed E-state index contributed by atoms with van der Waals surface area (Å²) in [6.07, 6.45) is 0. The zero-order valence-corrected chi connectivity index (χ0v) is 13.8. The Morgan fingerprint density at radius 1 is 1.17 bits per heavy atom. The fraction of sp³-hybridized carbons (Fsp3) is 0.176. The molecule has 0 amide bonds. The minimum absolute atomic E-state index is 0.0329. The van der Waals surface area contributed by atoms with Gasteiger partial charge in [-0.25, -0.2) is 0 Å². The molecule has 3 rings (SSSR count). The predicted octanol–water partition coefficient (Wildman–Crippen LogP) is 3.28. The number of aromatic nitrogens is 4. The Hall–Kier alpha value is -2.73. The molecule has 1 aromatic heterocycles. The van der Waals surface area contributed by atoms with Crippen LogP contribution in [0.25, 0.3) is 11.4 Å². The summed E-state index contributed by atoms with van der Waals surface area (Å²) in [5.41, 5.74) is 1.40. The summed E-state index contributed by atoms with van der Waals surface area (Å²) in [5.74, 6) is 1.05. The molecule has 1 heterocycles. The molecule has 0 radical (unpaired) electrons. The van der Waals surface area contributed by atoms with Crippen molar-refractivity contribution in [2.24, 2.45) is 0 Å². The SMILES string of the molecule is CC(=O)c1ccccc1OCCn1nnc(-c2ccc(Cl)cc2)n1. The molecule has 6 nitrogen and oxygen atoms in total. The number of hydrogen-bond acceptors (Lipinski definition) is 5. The van der Waals surface area contributed by atoms with Gasteiger partial charge in [-0.2, -0.15) is 4.80 Å². The third kappa shape index (κ3) is 3.78. The van der Waals surface area contributed by atoms with Gasteiger partial charge in [-0.1, -0.05) is 23.7 Å². The van der Waals surface area contributed by atoms with E-state index in [9.17, 15) is 4.79 Å². The number of carbonyl (C=O) groups excluding carboxylic acids is 1.